The average molecular weight is 231 g/mol. The van der Waals surface area contributed by atoms with Crippen molar-refractivity contribution in [3.05, 3.63) is 24.0 Å². The number of hydrogen-bond acceptors (Lipinski definition) is 4. The van der Waals surface area contributed by atoms with Crippen LogP contribution < -0.4 is 5.32 Å². The molecular weight excluding hydrogens is 214 g/mol. The van der Waals surface area contributed by atoms with Crippen LogP contribution in [-0.2, 0) is 0 Å². The molecule has 1 saturated carbocycles. The van der Waals surface area contributed by atoms with Crippen LogP contribution >= 0.6 is 0 Å². The molecule has 1 heterocycles. The van der Waals surface area contributed by atoms with Gasteiger partial charge >= 0.3 is 0 Å². The van der Waals surface area contributed by atoms with Crippen LogP contribution in [0, 0.1) is 17.2 Å². The van der Waals surface area contributed by atoms with Crippen LogP contribution in [0.2, 0.25) is 0 Å². The van der Waals surface area contributed by atoms with Crippen LogP contribution in [0.5, 0.6) is 0 Å². The molecule has 4 heteroatoms. The molecule has 0 bridgehead atoms. The molecule has 1 aromatic heterocycles. The van der Waals surface area contributed by atoms with Crippen LogP contribution in [0.3, 0.4) is 0 Å². The van der Waals surface area contributed by atoms with Crippen LogP contribution in [-0.4, -0.2) is 22.7 Å². The summed E-state index contributed by atoms with van der Waals surface area (Å²) in [5.41, 5.74) is 1.36. The van der Waals surface area contributed by atoms with Gasteiger partial charge in [-0.2, -0.15) is 5.26 Å². The predicted molar refractivity (Wildman–Crippen MR) is 65.4 cm³/mol. The van der Waals surface area contributed by atoms with Crippen molar-refractivity contribution < 1.29 is 5.11 Å². The lowest BCUT2D eigenvalue weighted by Crippen LogP contribution is -2.30. The maximum atomic E-state index is 9.85. The SMILES string of the molecule is N#Cc1ccncc1NCC1CCCCC1O. The molecule has 0 saturated heterocycles. The normalized spacial score (nSPS) is 24.0. The van der Waals surface area contributed by atoms with Crippen LogP contribution in [0.1, 0.15) is 31.2 Å². The third kappa shape index (κ3) is 2.95. The number of aliphatic hydroxyl groups excluding tert-OH is 1. The monoisotopic (exact) mass is 231 g/mol. The summed E-state index contributed by atoms with van der Waals surface area (Å²) >= 11 is 0. The highest BCUT2D eigenvalue weighted by Crippen LogP contribution is 2.25. The summed E-state index contributed by atoms with van der Waals surface area (Å²) in [6, 6.07) is 3.82. The maximum Gasteiger partial charge on any atom is 0.101 e. The molecule has 4 nitrogen and oxygen atoms in total. The lowest BCUT2D eigenvalue weighted by Gasteiger charge is -2.28. The Hall–Kier alpha value is -1.60. The summed E-state index contributed by atoms with van der Waals surface area (Å²) in [5, 5.41) is 22.0. The van der Waals surface area contributed by atoms with E-state index < -0.39 is 0 Å². The molecule has 17 heavy (non-hydrogen) atoms. The quantitative estimate of drug-likeness (QED) is 0.833. The van der Waals surface area contributed by atoms with E-state index in [1.165, 1.54) is 6.42 Å². The number of hydrogen-bond donors (Lipinski definition) is 2. The number of nitrogens with zero attached hydrogens (tertiary/aromatic N) is 2. The smallest absolute Gasteiger partial charge is 0.101 e. The van der Waals surface area contributed by atoms with Gasteiger partial charge in [-0.3, -0.25) is 4.98 Å². The molecule has 1 fully saturated rings. The van der Waals surface area contributed by atoms with E-state index in [0.717, 1.165) is 24.9 Å². The van der Waals surface area contributed by atoms with Gasteiger partial charge < -0.3 is 10.4 Å². The summed E-state index contributed by atoms with van der Waals surface area (Å²) in [7, 11) is 0. The molecule has 2 atom stereocenters. The van der Waals surface area contributed by atoms with Crippen LogP contribution in [0.4, 0.5) is 5.69 Å². The lowest BCUT2D eigenvalue weighted by molar-refractivity contribution is 0.0763. The van der Waals surface area contributed by atoms with Gasteiger partial charge in [-0.1, -0.05) is 12.8 Å². The maximum absolute atomic E-state index is 9.85. The van der Waals surface area contributed by atoms with Crippen molar-refractivity contribution >= 4 is 5.69 Å². The van der Waals surface area contributed by atoms with E-state index >= 15 is 0 Å². The Bertz CT molecular complexity index is 413. The van der Waals surface area contributed by atoms with Crippen molar-refractivity contribution in [2.45, 2.75) is 31.8 Å². The van der Waals surface area contributed by atoms with Gasteiger partial charge in [-0.15, -0.1) is 0 Å². The second-order valence-electron chi connectivity index (χ2n) is 4.53. The van der Waals surface area contributed by atoms with E-state index in [-0.39, 0.29) is 12.0 Å². The van der Waals surface area contributed by atoms with Gasteiger partial charge in [0.15, 0.2) is 0 Å². The molecule has 90 valence electrons. The molecule has 1 aromatic rings. The molecule has 0 aliphatic heterocycles. The summed E-state index contributed by atoms with van der Waals surface area (Å²) in [6.07, 6.45) is 7.31. The Morgan fingerprint density at radius 3 is 3.06 bits per heavy atom. The Morgan fingerprint density at radius 2 is 2.29 bits per heavy atom. The van der Waals surface area contributed by atoms with Crippen molar-refractivity contribution in [2.24, 2.45) is 5.92 Å². The zero-order chi connectivity index (χ0) is 12.1. The van der Waals surface area contributed by atoms with Gasteiger partial charge in [0, 0.05) is 18.7 Å². The zero-order valence-corrected chi connectivity index (χ0v) is 9.76. The molecular formula is C13H17N3O. The first-order valence-corrected chi connectivity index (χ1v) is 6.07. The number of aliphatic hydroxyl groups is 1. The van der Waals surface area contributed by atoms with E-state index in [1.54, 1.807) is 18.5 Å². The number of rotatable bonds is 3. The summed E-state index contributed by atoms with van der Waals surface area (Å²) < 4.78 is 0. The highest BCUT2D eigenvalue weighted by molar-refractivity contribution is 5.55. The van der Waals surface area contributed by atoms with Crippen molar-refractivity contribution in [3.8, 4) is 6.07 Å². The summed E-state index contributed by atoms with van der Waals surface area (Å²) in [5.74, 6) is 0.287. The van der Waals surface area contributed by atoms with E-state index in [0.29, 0.717) is 12.1 Å². The second kappa shape index (κ2) is 5.65. The number of aromatic nitrogens is 1. The Balaban J connectivity index is 1.95. The van der Waals surface area contributed by atoms with Gasteiger partial charge in [-0.05, 0) is 18.9 Å². The van der Waals surface area contributed by atoms with E-state index in [9.17, 15) is 5.11 Å². The van der Waals surface area contributed by atoms with Crippen LogP contribution in [0.25, 0.3) is 0 Å². The summed E-state index contributed by atoms with van der Waals surface area (Å²) in [4.78, 5) is 4.00. The van der Waals surface area contributed by atoms with Crippen molar-refractivity contribution in [1.82, 2.24) is 4.98 Å². The van der Waals surface area contributed by atoms with Gasteiger partial charge in [0.1, 0.15) is 6.07 Å². The second-order valence-corrected chi connectivity index (χ2v) is 4.53. The fraction of sp³-hybridized carbons (Fsp3) is 0.538. The van der Waals surface area contributed by atoms with Crippen molar-refractivity contribution in [1.29, 1.82) is 5.26 Å². The first-order valence-electron chi connectivity index (χ1n) is 6.07. The lowest BCUT2D eigenvalue weighted by atomic mass is 9.86. The Morgan fingerprint density at radius 1 is 1.47 bits per heavy atom. The minimum absolute atomic E-state index is 0.210. The molecule has 1 aliphatic rings. The first kappa shape index (κ1) is 11.9. The average Bonchev–Trinajstić information content (AvgIpc) is 2.38. The van der Waals surface area contributed by atoms with Gasteiger partial charge in [0.2, 0.25) is 0 Å². The van der Waals surface area contributed by atoms with Gasteiger partial charge in [0.05, 0.1) is 23.6 Å². The summed E-state index contributed by atoms with van der Waals surface area (Å²) in [6.45, 7) is 0.710. The fourth-order valence-corrected chi connectivity index (χ4v) is 2.30. The van der Waals surface area contributed by atoms with E-state index in [2.05, 4.69) is 16.4 Å². The molecule has 0 radical (unpaired) electrons. The van der Waals surface area contributed by atoms with Crippen molar-refractivity contribution in [2.75, 3.05) is 11.9 Å². The third-order valence-corrected chi connectivity index (χ3v) is 3.37. The van der Waals surface area contributed by atoms with E-state index in [4.69, 9.17) is 5.26 Å². The third-order valence-electron chi connectivity index (χ3n) is 3.37. The molecule has 0 aromatic carbocycles. The number of nitrogens with one attached hydrogen (secondary N) is 1. The van der Waals surface area contributed by atoms with E-state index in [1.807, 2.05) is 0 Å². The number of nitriles is 1. The van der Waals surface area contributed by atoms with Crippen molar-refractivity contribution in [3.63, 3.8) is 0 Å². The fourth-order valence-electron chi connectivity index (χ4n) is 2.30. The molecule has 2 N–H and O–H groups in total. The first-order chi connectivity index (χ1) is 8.31. The van der Waals surface area contributed by atoms with Gasteiger partial charge in [-0.25, -0.2) is 0 Å². The Labute approximate surface area is 101 Å². The topological polar surface area (TPSA) is 68.9 Å². The predicted octanol–water partition coefficient (Wildman–Crippen LogP) is 1.92. The molecule has 1 aliphatic carbocycles. The number of anilines is 1. The molecule has 0 amide bonds. The highest BCUT2D eigenvalue weighted by atomic mass is 16.3. The number of pyridine rings is 1. The van der Waals surface area contributed by atoms with Gasteiger partial charge in [0.25, 0.3) is 0 Å². The van der Waals surface area contributed by atoms with Crippen LogP contribution in [0.15, 0.2) is 18.5 Å². The highest BCUT2D eigenvalue weighted by Gasteiger charge is 2.22. The minimum atomic E-state index is -0.210. The standard InChI is InChI=1S/C13H17N3O/c14-7-10-5-6-15-9-12(10)16-8-11-3-1-2-4-13(11)17/h5-6,9,11,13,16-17H,1-4,8H2. The molecule has 2 unspecified atom stereocenters. The molecule has 2 rings (SSSR count). The Kier molecular flexibility index (Phi) is 3.94. The molecule has 0 spiro atoms. The minimum Gasteiger partial charge on any atom is -0.393 e. The largest absolute Gasteiger partial charge is 0.393 e. The zero-order valence-electron chi connectivity index (χ0n) is 9.76.